The lowest BCUT2D eigenvalue weighted by Crippen LogP contribution is -2.39. The van der Waals surface area contributed by atoms with Gasteiger partial charge in [-0.15, -0.1) is 0 Å². The van der Waals surface area contributed by atoms with Gasteiger partial charge in [0.05, 0.1) is 0 Å². The van der Waals surface area contributed by atoms with E-state index < -0.39 is 29.9 Å². The number of hydrogen-bond acceptors (Lipinski definition) is 4. The topological polar surface area (TPSA) is 130 Å². The quantitative estimate of drug-likeness (QED) is 0.474. The molecule has 0 radical (unpaired) electrons. The maximum atomic E-state index is 11.1. The third-order valence-electron chi connectivity index (χ3n) is 1.75. The standard InChI is InChI=1S/C8H14N2O5.H2S/c1-4(7(12)13)10-6(11)3-2-5(9)8(14)15;/h4-5H,2-3,9H2,1H3,(H,10,11)(H,12,13)(H,14,15);1H2/t4-,5-;/m0./s1. The van der Waals surface area contributed by atoms with Gasteiger partial charge in [-0.05, 0) is 13.3 Å². The molecule has 94 valence electrons. The average molecular weight is 252 g/mol. The molecule has 0 saturated heterocycles. The van der Waals surface area contributed by atoms with E-state index >= 15 is 0 Å². The molecular weight excluding hydrogens is 236 g/mol. The summed E-state index contributed by atoms with van der Waals surface area (Å²) in [5, 5.41) is 19.1. The molecule has 0 aliphatic heterocycles. The molecule has 0 aromatic carbocycles. The molecule has 0 rings (SSSR count). The number of aliphatic carboxylic acids is 2. The van der Waals surface area contributed by atoms with Crippen molar-refractivity contribution in [1.82, 2.24) is 5.32 Å². The number of carbonyl (C=O) groups is 3. The number of carboxylic acids is 2. The molecular formula is C8H16N2O5S. The van der Waals surface area contributed by atoms with Crippen LogP contribution in [0.2, 0.25) is 0 Å². The molecule has 0 aromatic rings. The number of carbonyl (C=O) groups excluding carboxylic acids is 1. The van der Waals surface area contributed by atoms with Gasteiger partial charge < -0.3 is 21.3 Å². The summed E-state index contributed by atoms with van der Waals surface area (Å²) in [6.07, 6.45) is -0.126. The highest BCUT2D eigenvalue weighted by Gasteiger charge is 2.16. The van der Waals surface area contributed by atoms with Gasteiger partial charge in [0.25, 0.3) is 0 Å². The molecule has 16 heavy (non-hydrogen) atoms. The first-order valence-electron chi connectivity index (χ1n) is 4.35. The van der Waals surface area contributed by atoms with Crippen LogP contribution in [0, 0.1) is 0 Å². The van der Waals surface area contributed by atoms with Crippen molar-refractivity contribution in [1.29, 1.82) is 0 Å². The molecule has 0 fully saturated rings. The third-order valence-corrected chi connectivity index (χ3v) is 1.75. The van der Waals surface area contributed by atoms with Crippen molar-refractivity contribution in [3.8, 4) is 0 Å². The van der Waals surface area contributed by atoms with Crippen molar-refractivity contribution in [2.75, 3.05) is 0 Å². The highest BCUT2D eigenvalue weighted by atomic mass is 32.1. The predicted octanol–water partition coefficient (Wildman–Crippen LogP) is -1.12. The van der Waals surface area contributed by atoms with E-state index in [0.717, 1.165) is 0 Å². The van der Waals surface area contributed by atoms with Gasteiger partial charge in [0.15, 0.2) is 0 Å². The first-order chi connectivity index (χ1) is 6.84. The van der Waals surface area contributed by atoms with Crippen LogP contribution in [-0.2, 0) is 14.4 Å². The molecule has 7 nitrogen and oxygen atoms in total. The zero-order valence-electron chi connectivity index (χ0n) is 8.77. The number of carboxylic acid groups (broad SMARTS) is 2. The maximum Gasteiger partial charge on any atom is 0.325 e. The highest BCUT2D eigenvalue weighted by Crippen LogP contribution is 1.95. The van der Waals surface area contributed by atoms with Crippen LogP contribution in [0.5, 0.6) is 0 Å². The first-order valence-corrected chi connectivity index (χ1v) is 4.35. The largest absolute Gasteiger partial charge is 0.480 e. The van der Waals surface area contributed by atoms with Crippen molar-refractivity contribution >= 4 is 31.3 Å². The lowest BCUT2D eigenvalue weighted by molar-refractivity contribution is -0.142. The molecule has 0 aliphatic carbocycles. The van der Waals surface area contributed by atoms with Gasteiger partial charge in [-0.3, -0.25) is 14.4 Å². The SMILES string of the molecule is C[C@H](NC(=O)CC[C@H](N)C(=O)O)C(=O)O.S. The van der Waals surface area contributed by atoms with E-state index in [2.05, 4.69) is 5.32 Å². The van der Waals surface area contributed by atoms with E-state index in [1.54, 1.807) is 0 Å². The van der Waals surface area contributed by atoms with E-state index in [-0.39, 0.29) is 26.3 Å². The normalized spacial score (nSPS) is 13.1. The Morgan fingerprint density at radius 2 is 1.75 bits per heavy atom. The second-order valence-corrected chi connectivity index (χ2v) is 3.11. The smallest absolute Gasteiger partial charge is 0.325 e. The summed E-state index contributed by atoms with van der Waals surface area (Å²) in [5.41, 5.74) is 5.16. The fourth-order valence-corrected chi connectivity index (χ4v) is 0.785. The minimum atomic E-state index is -1.19. The summed E-state index contributed by atoms with van der Waals surface area (Å²) in [4.78, 5) is 31.7. The van der Waals surface area contributed by atoms with Crippen LogP contribution in [-0.4, -0.2) is 40.1 Å². The van der Waals surface area contributed by atoms with E-state index in [4.69, 9.17) is 15.9 Å². The molecule has 0 aromatic heterocycles. The number of rotatable bonds is 6. The van der Waals surface area contributed by atoms with Crippen LogP contribution < -0.4 is 11.1 Å². The van der Waals surface area contributed by atoms with E-state index in [1.807, 2.05) is 0 Å². The van der Waals surface area contributed by atoms with E-state index in [9.17, 15) is 14.4 Å². The van der Waals surface area contributed by atoms with Crippen LogP contribution >= 0.6 is 13.5 Å². The Morgan fingerprint density at radius 1 is 1.25 bits per heavy atom. The van der Waals surface area contributed by atoms with Crippen molar-refractivity contribution in [2.24, 2.45) is 5.73 Å². The van der Waals surface area contributed by atoms with Crippen molar-refractivity contribution in [3.05, 3.63) is 0 Å². The zero-order chi connectivity index (χ0) is 12.0. The Bertz CT molecular complexity index is 271. The van der Waals surface area contributed by atoms with Gasteiger partial charge in [0.2, 0.25) is 5.91 Å². The summed E-state index contributed by atoms with van der Waals surface area (Å²) in [7, 11) is 0. The Hall–Kier alpha value is -1.28. The first kappa shape index (κ1) is 17.1. The number of hydrogen-bond donors (Lipinski definition) is 4. The van der Waals surface area contributed by atoms with Gasteiger partial charge in [0.1, 0.15) is 12.1 Å². The molecule has 2 atom stereocenters. The summed E-state index contributed by atoms with van der Waals surface area (Å²) in [5.74, 6) is -2.86. The minimum Gasteiger partial charge on any atom is -0.480 e. The molecule has 1 amide bonds. The summed E-state index contributed by atoms with van der Waals surface area (Å²) < 4.78 is 0. The van der Waals surface area contributed by atoms with Crippen LogP contribution in [0.1, 0.15) is 19.8 Å². The highest BCUT2D eigenvalue weighted by molar-refractivity contribution is 7.59. The minimum absolute atomic E-state index is 0. The van der Waals surface area contributed by atoms with Gasteiger partial charge in [-0.25, -0.2) is 0 Å². The Kier molecular flexibility index (Phi) is 8.50. The van der Waals surface area contributed by atoms with Crippen LogP contribution in [0.15, 0.2) is 0 Å². The Labute approximate surface area is 99.4 Å². The average Bonchev–Trinajstić information content (AvgIpc) is 2.13. The van der Waals surface area contributed by atoms with E-state index in [0.29, 0.717) is 0 Å². The summed E-state index contributed by atoms with van der Waals surface area (Å²) >= 11 is 0. The van der Waals surface area contributed by atoms with Gasteiger partial charge in [-0.2, -0.15) is 13.5 Å². The Balaban J connectivity index is 0. The monoisotopic (exact) mass is 252 g/mol. The number of nitrogens with one attached hydrogen (secondary N) is 1. The summed E-state index contributed by atoms with van der Waals surface area (Å²) in [6, 6.07) is -2.09. The molecule has 0 bridgehead atoms. The van der Waals surface area contributed by atoms with Crippen molar-refractivity contribution in [2.45, 2.75) is 31.8 Å². The molecule has 0 spiro atoms. The van der Waals surface area contributed by atoms with Crippen molar-refractivity contribution in [3.63, 3.8) is 0 Å². The van der Waals surface area contributed by atoms with Crippen LogP contribution in [0.4, 0.5) is 0 Å². The predicted molar refractivity (Wildman–Crippen MR) is 60.5 cm³/mol. The van der Waals surface area contributed by atoms with Gasteiger partial charge in [0, 0.05) is 6.42 Å². The second-order valence-electron chi connectivity index (χ2n) is 3.11. The number of amides is 1. The number of nitrogens with two attached hydrogens (primary N) is 1. The van der Waals surface area contributed by atoms with Gasteiger partial charge >= 0.3 is 11.9 Å². The lowest BCUT2D eigenvalue weighted by atomic mass is 10.1. The van der Waals surface area contributed by atoms with Crippen molar-refractivity contribution < 1.29 is 24.6 Å². The van der Waals surface area contributed by atoms with Crippen LogP contribution in [0.25, 0.3) is 0 Å². The second kappa shape index (κ2) is 7.94. The lowest BCUT2D eigenvalue weighted by Gasteiger charge is -2.10. The van der Waals surface area contributed by atoms with E-state index in [1.165, 1.54) is 6.92 Å². The molecule has 8 heteroatoms. The fourth-order valence-electron chi connectivity index (χ4n) is 0.785. The molecule has 0 saturated carbocycles. The third kappa shape index (κ3) is 7.07. The Morgan fingerprint density at radius 3 is 2.12 bits per heavy atom. The molecule has 5 N–H and O–H groups in total. The molecule has 0 heterocycles. The maximum absolute atomic E-state index is 11.1. The molecule has 0 aliphatic rings. The summed E-state index contributed by atoms with van der Waals surface area (Å²) in [6.45, 7) is 1.32. The van der Waals surface area contributed by atoms with Gasteiger partial charge in [-0.1, -0.05) is 0 Å². The van der Waals surface area contributed by atoms with Crippen LogP contribution in [0.3, 0.4) is 0 Å². The molecule has 0 unspecified atom stereocenters. The fraction of sp³-hybridized carbons (Fsp3) is 0.625. The zero-order valence-corrected chi connectivity index (χ0v) is 9.77.